The summed E-state index contributed by atoms with van der Waals surface area (Å²) in [5.74, 6) is -1.95. The predicted molar refractivity (Wildman–Crippen MR) is 246 cm³/mol. The number of hydrogen-bond acceptors (Lipinski definition) is 14. The maximum atomic E-state index is 13.2. The Balaban J connectivity index is 0.000000194. The SMILES string of the molecule is Cc1nc(NC(=O)CC(F)(F)F)cc(-c2c(N(C(=O)CC(F)(F)F)c3ccn(C)n3)nc3ccccn23)n1.Cc1nc(NC(=O)c2cccc(C#N)c2)cc(-c2c(Nc3ccn(C)n3)nc3cccnn23)n1. The van der Waals surface area contributed by atoms with E-state index in [1.54, 1.807) is 64.8 Å². The molecule has 3 amide bonds. The van der Waals surface area contributed by atoms with Gasteiger partial charge in [0, 0.05) is 68.7 Å². The second-order valence-corrected chi connectivity index (χ2v) is 15.5. The van der Waals surface area contributed by atoms with Gasteiger partial charge >= 0.3 is 12.4 Å². The average molecular weight is 991 g/mol. The van der Waals surface area contributed by atoms with E-state index in [4.69, 9.17) is 5.26 Å². The number of carbonyl (C=O) groups excluding carboxylic acids is 3. The molecule has 0 saturated heterocycles. The van der Waals surface area contributed by atoms with E-state index in [1.165, 1.54) is 53.6 Å². The Morgan fingerprint density at radius 1 is 0.681 bits per heavy atom. The lowest BCUT2D eigenvalue weighted by Crippen LogP contribution is -2.31. The number of nitrogens with zero attached hydrogens (tertiary/aromatic N) is 15. The normalized spacial score (nSPS) is 11.5. The molecule has 0 aliphatic rings. The highest BCUT2D eigenvalue weighted by molar-refractivity contribution is 6.04. The average Bonchev–Trinajstić information content (AvgIpc) is 4.10. The number of aryl methyl sites for hydroxylation is 4. The minimum atomic E-state index is -4.84. The van der Waals surface area contributed by atoms with Crippen LogP contribution in [0.5, 0.6) is 0 Å². The van der Waals surface area contributed by atoms with Crippen molar-refractivity contribution in [2.75, 3.05) is 20.9 Å². The number of anilines is 6. The maximum absolute atomic E-state index is 13.2. The summed E-state index contributed by atoms with van der Waals surface area (Å²) in [7, 11) is 3.33. The summed E-state index contributed by atoms with van der Waals surface area (Å²) < 4.78 is 83.7. The van der Waals surface area contributed by atoms with Gasteiger partial charge in [0.15, 0.2) is 28.9 Å². The molecule has 0 saturated carbocycles. The zero-order chi connectivity index (χ0) is 51.5. The van der Waals surface area contributed by atoms with Gasteiger partial charge in [0.2, 0.25) is 11.8 Å². The Labute approximate surface area is 401 Å². The summed E-state index contributed by atoms with van der Waals surface area (Å²) in [6.45, 7) is 3.13. The van der Waals surface area contributed by atoms with Gasteiger partial charge in [-0.05, 0) is 56.3 Å². The van der Waals surface area contributed by atoms with E-state index in [-0.39, 0.29) is 46.2 Å². The number of carbonyl (C=O) groups is 3. The van der Waals surface area contributed by atoms with Gasteiger partial charge < -0.3 is 16.0 Å². The summed E-state index contributed by atoms with van der Waals surface area (Å²) in [4.78, 5) is 64.4. The fraction of sp³-hybridized carbons (Fsp3) is 0.178. The first-order valence-corrected chi connectivity index (χ1v) is 21.1. The van der Waals surface area contributed by atoms with Crippen LogP contribution in [0.15, 0.2) is 104 Å². The molecule has 0 fully saturated rings. The van der Waals surface area contributed by atoms with Gasteiger partial charge in [-0.2, -0.15) is 46.9 Å². The third-order valence-corrected chi connectivity index (χ3v) is 9.89. The predicted octanol–water partition coefficient (Wildman–Crippen LogP) is 7.44. The minimum absolute atomic E-state index is 0.0126. The van der Waals surface area contributed by atoms with Gasteiger partial charge in [-0.15, -0.1) is 0 Å². The monoisotopic (exact) mass is 990 g/mol. The number of hydrogen-bond donors (Lipinski definition) is 3. The second-order valence-electron chi connectivity index (χ2n) is 15.5. The number of rotatable bonds is 11. The number of alkyl halides is 6. The van der Waals surface area contributed by atoms with E-state index >= 15 is 0 Å². The van der Waals surface area contributed by atoms with E-state index in [9.17, 15) is 40.7 Å². The van der Waals surface area contributed by atoms with Crippen molar-refractivity contribution < 1.29 is 40.7 Å². The van der Waals surface area contributed by atoms with E-state index in [0.29, 0.717) is 56.3 Å². The summed E-state index contributed by atoms with van der Waals surface area (Å²) in [5, 5.41) is 30.0. The molecule has 9 rings (SSSR count). The van der Waals surface area contributed by atoms with Crippen LogP contribution in [0.3, 0.4) is 0 Å². The van der Waals surface area contributed by atoms with Crippen molar-refractivity contribution in [3.8, 4) is 28.8 Å². The Hall–Kier alpha value is -9.61. The highest BCUT2D eigenvalue weighted by atomic mass is 19.4. The molecule has 8 aromatic heterocycles. The van der Waals surface area contributed by atoms with Gasteiger partial charge in [-0.25, -0.2) is 39.3 Å². The number of aromatic nitrogens is 13. The molecule has 21 nitrogen and oxygen atoms in total. The summed E-state index contributed by atoms with van der Waals surface area (Å²) in [6, 6.07) is 22.8. The van der Waals surface area contributed by atoms with Crippen molar-refractivity contribution >= 4 is 63.9 Å². The van der Waals surface area contributed by atoms with Crippen LogP contribution in [0.4, 0.5) is 61.2 Å². The topological polar surface area (TPSA) is 249 Å². The van der Waals surface area contributed by atoms with Crippen LogP contribution in [0, 0.1) is 25.2 Å². The van der Waals surface area contributed by atoms with Crippen LogP contribution in [0.1, 0.15) is 40.4 Å². The van der Waals surface area contributed by atoms with Gasteiger partial charge in [-0.3, -0.25) is 28.1 Å². The largest absolute Gasteiger partial charge is 0.397 e. The Bertz CT molecular complexity index is 3550. The molecule has 72 heavy (non-hydrogen) atoms. The van der Waals surface area contributed by atoms with E-state index in [0.717, 1.165) is 6.07 Å². The first kappa shape index (κ1) is 48.8. The molecule has 366 valence electrons. The molecule has 9 aromatic rings. The van der Waals surface area contributed by atoms with Gasteiger partial charge in [0.25, 0.3) is 5.91 Å². The molecular weight excluding hydrogens is 955 g/mol. The number of nitriles is 1. The van der Waals surface area contributed by atoms with Crippen LogP contribution in [-0.4, -0.2) is 93.6 Å². The molecule has 8 heterocycles. The van der Waals surface area contributed by atoms with Crippen molar-refractivity contribution in [2.45, 2.75) is 39.0 Å². The molecule has 1 aromatic carbocycles. The molecule has 0 aliphatic heterocycles. The summed E-state index contributed by atoms with van der Waals surface area (Å²) in [6.07, 6.45) is -6.78. The van der Waals surface area contributed by atoms with Crippen molar-refractivity contribution in [1.82, 2.24) is 63.5 Å². The lowest BCUT2D eigenvalue weighted by molar-refractivity contribution is -0.152. The zero-order valence-corrected chi connectivity index (χ0v) is 37.9. The quantitative estimate of drug-likeness (QED) is 0.107. The second kappa shape index (κ2) is 19.8. The molecule has 3 N–H and O–H groups in total. The number of pyridine rings is 1. The van der Waals surface area contributed by atoms with Crippen LogP contribution < -0.4 is 20.9 Å². The van der Waals surface area contributed by atoms with Gasteiger partial charge in [-0.1, -0.05) is 12.1 Å². The number of halogens is 6. The standard InChI is InChI=1S/C23H18N10O.C22H18F6N8O2/c1-14-26-17(12-19(27-14)29-23(34)16-6-3-5-15(11-16)13-24)21-22(28-18-8-10-32(2)31-18)30-20-7-4-9-25-33(20)21;1-12-29-13(9-14(30-12)31-17(37)10-21(23,24)25)19-20(32-15-5-3-4-7-35(15)19)36(16-6-8-34(2)33-16)18(38)11-22(26,27)28/h3-12H,1-2H3,(H,28,31)(H,26,27,29,34);3-9H,10-11H2,1-2H3,(H,29,30,31,37). The van der Waals surface area contributed by atoms with Crippen LogP contribution >= 0.6 is 0 Å². The van der Waals surface area contributed by atoms with Gasteiger partial charge in [0.05, 0.1) is 23.0 Å². The highest BCUT2D eigenvalue weighted by Crippen LogP contribution is 2.37. The van der Waals surface area contributed by atoms with E-state index in [1.807, 2.05) is 36.8 Å². The summed E-state index contributed by atoms with van der Waals surface area (Å²) >= 11 is 0. The van der Waals surface area contributed by atoms with Crippen molar-refractivity contribution in [3.63, 3.8) is 0 Å². The number of imidazole rings is 2. The fourth-order valence-corrected chi connectivity index (χ4v) is 7.11. The molecule has 0 radical (unpaired) electrons. The Morgan fingerprint density at radius 2 is 1.35 bits per heavy atom. The number of benzene rings is 1. The molecule has 0 spiro atoms. The third-order valence-electron chi connectivity index (χ3n) is 9.89. The van der Waals surface area contributed by atoms with Crippen molar-refractivity contribution in [1.29, 1.82) is 5.26 Å². The minimum Gasteiger partial charge on any atom is -0.322 e. The number of amides is 3. The highest BCUT2D eigenvalue weighted by Gasteiger charge is 2.38. The van der Waals surface area contributed by atoms with E-state index < -0.39 is 37.0 Å². The third kappa shape index (κ3) is 11.5. The first-order chi connectivity index (χ1) is 34.2. The molecule has 0 bridgehead atoms. The molecular formula is C45H36F6N18O3. The maximum Gasteiger partial charge on any atom is 0.397 e. The van der Waals surface area contributed by atoms with Gasteiger partial charge in [0.1, 0.15) is 53.2 Å². The first-order valence-electron chi connectivity index (χ1n) is 21.1. The van der Waals surface area contributed by atoms with Crippen molar-refractivity contribution in [2.24, 2.45) is 14.1 Å². The molecule has 0 atom stereocenters. The number of fused-ring (bicyclic) bond motifs is 2. The van der Waals surface area contributed by atoms with E-state index in [2.05, 4.69) is 55.8 Å². The smallest absolute Gasteiger partial charge is 0.322 e. The lowest BCUT2D eigenvalue weighted by atomic mass is 10.1. The lowest BCUT2D eigenvalue weighted by Gasteiger charge is -2.20. The summed E-state index contributed by atoms with van der Waals surface area (Å²) in [5.41, 5.74) is 2.67. The zero-order valence-electron chi connectivity index (χ0n) is 37.9. The molecule has 0 unspecified atom stereocenters. The fourth-order valence-electron chi connectivity index (χ4n) is 7.11. The number of nitrogens with one attached hydrogen (secondary N) is 3. The van der Waals surface area contributed by atoms with Crippen molar-refractivity contribution in [3.05, 3.63) is 126 Å². The molecule has 0 aliphatic carbocycles. The Morgan fingerprint density at radius 3 is 2.00 bits per heavy atom. The molecule has 27 heteroatoms. The Kier molecular flexibility index (Phi) is 13.4. The van der Waals surface area contributed by atoms with Crippen LogP contribution in [0.2, 0.25) is 0 Å². The van der Waals surface area contributed by atoms with Crippen LogP contribution in [0.25, 0.3) is 34.1 Å². The van der Waals surface area contributed by atoms with Crippen LogP contribution in [-0.2, 0) is 23.7 Å².